The van der Waals surface area contributed by atoms with Crippen molar-refractivity contribution in [3.63, 3.8) is 0 Å². The SMILES string of the molecule is CCC(=O)Nc1ccc(C#Cc2ccc(N3CCOCC3)cc2C(C)=O)cc1C(=O)O. The molecule has 0 atom stereocenters. The van der Waals surface area contributed by atoms with Gasteiger partial charge in [0.2, 0.25) is 5.91 Å². The lowest BCUT2D eigenvalue weighted by atomic mass is 10.0. The highest BCUT2D eigenvalue weighted by molar-refractivity contribution is 6.01. The minimum atomic E-state index is -1.16. The second-order valence-electron chi connectivity index (χ2n) is 7.10. The third kappa shape index (κ3) is 5.50. The van der Waals surface area contributed by atoms with Crippen LogP contribution in [0.5, 0.6) is 0 Å². The molecule has 0 unspecified atom stereocenters. The summed E-state index contributed by atoms with van der Waals surface area (Å²) < 4.78 is 5.38. The number of carboxylic acid groups (broad SMARTS) is 1. The molecule has 2 aromatic carbocycles. The van der Waals surface area contributed by atoms with Gasteiger partial charge in [-0.1, -0.05) is 18.8 Å². The number of ketones is 1. The summed E-state index contributed by atoms with van der Waals surface area (Å²) in [5, 5.41) is 12.1. The molecule has 31 heavy (non-hydrogen) atoms. The minimum Gasteiger partial charge on any atom is -0.478 e. The van der Waals surface area contributed by atoms with Crippen LogP contribution in [0.1, 0.15) is 52.1 Å². The fourth-order valence-corrected chi connectivity index (χ4v) is 3.24. The number of rotatable bonds is 5. The number of morpholine rings is 1. The maximum Gasteiger partial charge on any atom is 0.337 e. The smallest absolute Gasteiger partial charge is 0.337 e. The summed E-state index contributed by atoms with van der Waals surface area (Å²) in [4.78, 5) is 37.6. The van der Waals surface area contributed by atoms with E-state index in [1.165, 1.54) is 19.1 Å². The number of ether oxygens (including phenoxy) is 1. The molecule has 0 saturated carbocycles. The molecule has 2 aromatic rings. The molecule has 1 aliphatic heterocycles. The molecule has 3 rings (SSSR count). The van der Waals surface area contributed by atoms with E-state index >= 15 is 0 Å². The first-order chi connectivity index (χ1) is 14.9. The third-order valence-corrected chi connectivity index (χ3v) is 4.95. The molecule has 1 heterocycles. The van der Waals surface area contributed by atoms with Gasteiger partial charge in [0.1, 0.15) is 0 Å². The number of hydrogen-bond donors (Lipinski definition) is 2. The van der Waals surface area contributed by atoms with Gasteiger partial charge in [0.05, 0.1) is 24.5 Å². The van der Waals surface area contributed by atoms with Gasteiger partial charge in [-0.2, -0.15) is 0 Å². The number of nitrogens with zero attached hydrogens (tertiary/aromatic N) is 1. The molecule has 2 N–H and O–H groups in total. The van der Waals surface area contributed by atoms with Crippen molar-refractivity contribution in [2.75, 3.05) is 36.5 Å². The molecule has 0 aliphatic carbocycles. The lowest BCUT2D eigenvalue weighted by Gasteiger charge is -2.29. The van der Waals surface area contributed by atoms with Gasteiger partial charge in [-0.25, -0.2) is 4.79 Å². The van der Waals surface area contributed by atoms with Crippen LogP contribution in [0.4, 0.5) is 11.4 Å². The topological polar surface area (TPSA) is 95.9 Å². The molecule has 0 aromatic heterocycles. The highest BCUT2D eigenvalue weighted by Gasteiger charge is 2.15. The van der Waals surface area contributed by atoms with Gasteiger partial charge < -0.3 is 20.1 Å². The summed E-state index contributed by atoms with van der Waals surface area (Å²) in [5.74, 6) is 4.39. The van der Waals surface area contributed by atoms with E-state index in [2.05, 4.69) is 22.1 Å². The Morgan fingerprint density at radius 2 is 1.81 bits per heavy atom. The van der Waals surface area contributed by atoms with Gasteiger partial charge in [0.15, 0.2) is 5.78 Å². The molecular weight excluding hydrogens is 396 g/mol. The molecule has 7 heteroatoms. The molecule has 1 aliphatic rings. The van der Waals surface area contributed by atoms with E-state index in [9.17, 15) is 19.5 Å². The van der Waals surface area contributed by atoms with E-state index in [4.69, 9.17) is 4.74 Å². The number of anilines is 2. The molecular formula is C24H24N2O5. The molecule has 1 saturated heterocycles. The third-order valence-electron chi connectivity index (χ3n) is 4.95. The second kappa shape index (κ2) is 9.92. The Bertz CT molecular complexity index is 1080. The van der Waals surface area contributed by atoms with E-state index in [0.29, 0.717) is 29.9 Å². The Morgan fingerprint density at radius 1 is 1.06 bits per heavy atom. The summed E-state index contributed by atoms with van der Waals surface area (Å²) >= 11 is 0. The molecule has 0 spiro atoms. The van der Waals surface area contributed by atoms with Crippen molar-refractivity contribution < 1.29 is 24.2 Å². The minimum absolute atomic E-state index is 0.0388. The predicted octanol–water partition coefficient (Wildman–Crippen LogP) is 3.17. The maximum absolute atomic E-state index is 12.2. The Morgan fingerprint density at radius 3 is 2.45 bits per heavy atom. The largest absolute Gasteiger partial charge is 0.478 e. The van der Waals surface area contributed by atoms with Crippen LogP contribution >= 0.6 is 0 Å². The number of amides is 1. The number of benzene rings is 2. The number of carbonyl (C=O) groups is 3. The van der Waals surface area contributed by atoms with Crippen molar-refractivity contribution in [3.8, 4) is 11.8 Å². The van der Waals surface area contributed by atoms with Crippen LogP contribution in [-0.2, 0) is 9.53 Å². The first-order valence-corrected chi connectivity index (χ1v) is 10.1. The van der Waals surface area contributed by atoms with Crippen molar-refractivity contribution in [3.05, 3.63) is 58.7 Å². The van der Waals surface area contributed by atoms with Gasteiger partial charge in [-0.05, 0) is 43.3 Å². The van der Waals surface area contributed by atoms with E-state index in [0.717, 1.165) is 18.8 Å². The first-order valence-electron chi connectivity index (χ1n) is 10.1. The van der Waals surface area contributed by atoms with Crippen LogP contribution in [0.15, 0.2) is 36.4 Å². The molecule has 1 fully saturated rings. The number of carboxylic acids is 1. The Balaban J connectivity index is 1.91. The number of carbonyl (C=O) groups excluding carboxylic acids is 2. The van der Waals surface area contributed by atoms with Crippen LogP contribution in [0, 0.1) is 11.8 Å². The van der Waals surface area contributed by atoms with Crippen molar-refractivity contribution >= 4 is 29.0 Å². The van der Waals surface area contributed by atoms with Crippen LogP contribution in [-0.4, -0.2) is 49.1 Å². The normalized spacial score (nSPS) is 13.2. The van der Waals surface area contributed by atoms with E-state index in [1.54, 1.807) is 13.0 Å². The van der Waals surface area contributed by atoms with Crippen LogP contribution < -0.4 is 10.2 Å². The fourth-order valence-electron chi connectivity index (χ4n) is 3.24. The highest BCUT2D eigenvalue weighted by atomic mass is 16.5. The van der Waals surface area contributed by atoms with Crippen LogP contribution in [0.2, 0.25) is 0 Å². The summed E-state index contributed by atoms with van der Waals surface area (Å²) in [6.07, 6.45) is 0.245. The summed E-state index contributed by atoms with van der Waals surface area (Å²) in [7, 11) is 0. The summed E-state index contributed by atoms with van der Waals surface area (Å²) in [6, 6.07) is 10.1. The summed E-state index contributed by atoms with van der Waals surface area (Å²) in [6.45, 7) is 6.02. The van der Waals surface area contributed by atoms with Gasteiger partial charge in [0, 0.05) is 41.9 Å². The van der Waals surface area contributed by atoms with Crippen molar-refractivity contribution in [1.29, 1.82) is 0 Å². The van der Waals surface area contributed by atoms with E-state index in [-0.39, 0.29) is 29.4 Å². The number of Topliss-reactive ketones (excluding diaryl/α,β-unsaturated/α-hetero) is 1. The lowest BCUT2D eigenvalue weighted by molar-refractivity contribution is -0.115. The first kappa shape index (κ1) is 22.1. The van der Waals surface area contributed by atoms with Crippen LogP contribution in [0.3, 0.4) is 0 Å². The zero-order valence-corrected chi connectivity index (χ0v) is 17.5. The average Bonchev–Trinajstić information content (AvgIpc) is 2.78. The maximum atomic E-state index is 12.2. The molecule has 1 amide bonds. The van der Waals surface area contributed by atoms with Crippen molar-refractivity contribution in [2.24, 2.45) is 0 Å². The van der Waals surface area contributed by atoms with Gasteiger partial charge >= 0.3 is 5.97 Å². The monoisotopic (exact) mass is 420 g/mol. The Labute approximate surface area is 181 Å². The zero-order chi connectivity index (χ0) is 22.4. The Kier molecular flexibility index (Phi) is 7.06. The number of hydrogen-bond acceptors (Lipinski definition) is 5. The lowest BCUT2D eigenvalue weighted by Crippen LogP contribution is -2.36. The van der Waals surface area contributed by atoms with Crippen molar-refractivity contribution in [2.45, 2.75) is 20.3 Å². The highest BCUT2D eigenvalue weighted by Crippen LogP contribution is 2.22. The van der Waals surface area contributed by atoms with E-state index < -0.39 is 5.97 Å². The van der Waals surface area contributed by atoms with Crippen LogP contribution in [0.25, 0.3) is 0 Å². The fraction of sp³-hybridized carbons (Fsp3) is 0.292. The molecule has 160 valence electrons. The van der Waals surface area contributed by atoms with Crippen molar-refractivity contribution in [1.82, 2.24) is 0 Å². The number of nitrogens with one attached hydrogen (secondary N) is 1. The Hall–Kier alpha value is -3.63. The van der Waals surface area contributed by atoms with E-state index in [1.807, 2.05) is 18.2 Å². The van der Waals surface area contributed by atoms with Gasteiger partial charge in [-0.3, -0.25) is 9.59 Å². The average molecular weight is 420 g/mol. The second-order valence-corrected chi connectivity index (χ2v) is 7.10. The zero-order valence-electron chi connectivity index (χ0n) is 17.5. The quantitative estimate of drug-likeness (QED) is 0.570. The molecule has 7 nitrogen and oxygen atoms in total. The molecule has 0 bridgehead atoms. The molecule has 0 radical (unpaired) electrons. The predicted molar refractivity (Wildman–Crippen MR) is 118 cm³/mol. The summed E-state index contributed by atoms with van der Waals surface area (Å²) in [5.41, 5.74) is 2.70. The van der Waals surface area contributed by atoms with Gasteiger partial charge in [0.25, 0.3) is 0 Å². The standard InChI is InChI=1S/C24H24N2O5/c1-3-23(28)25-22-9-5-17(14-21(22)24(29)30)4-6-18-7-8-19(15-20(18)16(2)27)26-10-12-31-13-11-26/h5,7-9,14-15H,3,10-13H2,1-2H3,(H,25,28)(H,29,30). The number of aromatic carboxylic acids is 1. The van der Waals surface area contributed by atoms with Gasteiger partial charge in [-0.15, -0.1) is 0 Å².